The van der Waals surface area contributed by atoms with E-state index in [4.69, 9.17) is 33.7 Å². The number of nitrogen functional groups attached to an aromatic ring is 1. The molecule has 0 aliphatic heterocycles. The van der Waals surface area contributed by atoms with Gasteiger partial charge in [-0.3, -0.25) is 9.59 Å². The number of carbonyl (C=O) groups is 1. The molecule has 1 aromatic carbocycles. The van der Waals surface area contributed by atoms with Gasteiger partial charge in [0, 0.05) is 5.02 Å². The van der Waals surface area contributed by atoms with Gasteiger partial charge in [-0.15, -0.1) is 0 Å². The molecule has 0 saturated heterocycles. The van der Waals surface area contributed by atoms with E-state index in [1.165, 1.54) is 6.92 Å². The molecule has 40 heavy (non-hydrogen) atoms. The maximum atomic E-state index is 14.3. The predicted molar refractivity (Wildman–Crippen MR) is 162 cm³/mol. The number of nitrogens with zero attached hydrogens (tertiary/aromatic N) is 2. The number of anilines is 1. The first-order valence-electron chi connectivity index (χ1n) is 13.6. The number of nitrogens with two attached hydrogens (primary N) is 1. The summed E-state index contributed by atoms with van der Waals surface area (Å²) in [5, 5.41) is 10.5. The fourth-order valence-corrected chi connectivity index (χ4v) is 6.79. The van der Waals surface area contributed by atoms with E-state index in [0.29, 0.717) is 22.1 Å². The third kappa shape index (κ3) is 5.42. The van der Waals surface area contributed by atoms with Crippen molar-refractivity contribution in [1.29, 1.82) is 0 Å². The highest BCUT2D eigenvalue weighted by Gasteiger charge is 2.50. The van der Waals surface area contributed by atoms with E-state index in [-0.39, 0.29) is 67.9 Å². The van der Waals surface area contributed by atoms with Gasteiger partial charge in [0.1, 0.15) is 21.9 Å². The number of fused-ring (bicyclic) bond motifs is 1. The first-order chi connectivity index (χ1) is 18.4. The maximum absolute atomic E-state index is 14.3. The topological polar surface area (TPSA) is 107 Å². The molecular formula is C31H39Cl2N3O4. The minimum Gasteiger partial charge on any atom is -0.512 e. The number of ether oxygens (including phenoxy) is 1. The summed E-state index contributed by atoms with van der Waals surface area (Å²) in [5.74, 6) is -0.573. The lowest BCUT2D eigenvalue weighted by molar-refractivity contribution is -0.152. The minimum atomic E-state index is -0.656. The Morgan fingerprint density at radius 3 is 2.05 bits per heavy atom. The van der Waals surface area contributed by atoms with Crippen molar-refractivity contribution < 1.29 is 14.6 Å². The summed E-state index contributed by atoms with van der Waals surface area (Å²) < 4.78 is 7.43. The van der Waals surface area contributed by atoms with Gasteiger partial charge in [-0.25, -0.2) is 9.38 Å². The second-order valence-corrected chi connectivity index (χ2v) is 14.2. The molecule has 2 unspecified atom stereocenters. The number of halogens is 2. The molecular weight excluding hydrogens is 549 g/mol. The summed E-state index contributed by atoms with van der Waals surface area (Å²) in [7, 11) is 0. The Balaban J connectivity index is 1.98. The van der Waals surface area contributed by atoms with Crippen LogP contribution >= 0.6 is 23.2 Å². The number of aromatic nitrogens is 2. The van der Waals surface area contributed by atoms with Crippen molar-refractivity contribution in [2.45, 2.75) is 68.2 Å². The van der Waals surface area contributed by atoms with Gasteiger partial charge in [-0.05, 0) is 66.0 Å². The smallest absolute Gasteiger partial charge is 0.315 e. The predicted octanol–water partition coefficient (Wildman–Crippen LogP) is 6.93. The SMILES string of the molecule is CC(O)=c1c(N)nc2c(OC(=O)C3C(C(C)(C)C)CC(C)CC3C(C)(C)C)c(-c3ccc(Cl)cc3)c(Cl)n2c1=O. The molecule has 0 bridgehead atoms. The number of rotatable bonds is 3. The number of aliphatic hydroxyl groups is 1. The molecule has 3 N–H and O–H groups in total. The Hall–Kier alpha value is -2.77. The molecule has 7 nitrogen and oxygen atoms in total. The summed E-state index contributed by atoms with van der Waals surface area (Å²) in [6, 6.07) is 6.84. The molecule has 3 aromatic rings. The van der Waals surface area contributed by atoms with Crippen LogP contribution in [0.5, 0.6) is 5.75 Å². The van der Waals surface area contributed by atoms with Crippen LogP contribution in [-0.2, 0) is 4.79 Å². The summed E-state index contributed by atoms with van der Waals surface area (Å²) in [6.07, 6.45) is 1.81. The molecule has 4 rings (SSSR count). The summed E-state index contributed by atoms with van der Waals surface area (Å²) in [4.78, 5) is 32.2. The lowest BCUT2D eigenvalue weighted by atomic mass is 9.55. The van der Waals surface area contributed by atoms with Crippen molar-refractivity contribution in [3.8, 4) is 16.9 Å². The fourth-order valence-electron chi connectivity index (χ4n) is 6.31. The number of hydrogen-bond donors (Lipinski definition) is 2. The Kier molecular flexibility index (Phi) is 7.98. The van der Waals surface area contributed by atoms with Crippen LogP contribution in [0.2, 0.25) is 10.2 Å². The van der Waals surface area contributed by atoms with E-state index in [9.17, 15) is 14.7 Å². The van der Waals surface area contributed by atoms with E-state index >= 15 is 0 Å². The van der Waals surface area contributed by atoms with Gasteiger partial charge in [-0.2, -0.15) is 0 Å². The van der Waals surface area contributed by atoms with Gasteiger partial charge in [0.25, 0.3) is 5.56 Å². The van der Waals surface area contributed by atoms with Crippen molar-refractivity contribution in [1.82, 2.24) is 9.38 Å². The van der Waals surface area contributed by atoms with Gasteiger partial charge in [0.15, 0.2) is 11.4 Å². The summed E-state index contributed by atoms with van der Waals surface area (Å²) in [6.45, 7) is 16.6. The van der Waals surface area contributed by atoms with Crippen molar-refractivity contribution >= 4 is 46.4 Å². The van der Waals surface area contributed by atoms with Crippen LogP contribution in [0.4, 0.5) is 5.82 Å². The molecule has 1 saturated carbocycles. The number of esters is 1. The second-order valence-electron chi connectivity index (χ2n) is 13.4. The molecule has 0 radical (unpaired) electrons. The highest BCUT2D eigenvalue weighted by Crippen LogP contribution is 2.53. The lowest BCUT2D eigenvalue weighted by Crippen LogP contribution is -2.48. The first-order valence-corrected chi connectivity index (χ1v) is 14.4. The monoisotopic (exact) mass is 587 g/mol. The average molecular weight is 589 g/mol. The third-order valence-corrected chi connectivity index (χ3v) is 8.93. The quantitative estimate of drug-likeness (QED) is 0.322. The van der Waals surface area contributed by atoms with Crippen LogP contribution in [0.1, 0.15) is 68.2 Å². The summed E-state index contributed by atoms with van der Waals surface area (Å²) >= 11 is 13.0. The van der Waals surface area contributed by atoms with Gasteiger partial charge in [0.05, 0.1) is 11.5 Å². The van der Waals surface area contributed by atoms with E-state index in [1.807, 2.05) is 0 Å². The van der Waals surface area contributed by atoms with Crippen LogP contribution in [0.25, 0.3) is 22.5 Å². The Morgan fingerprint density at radius 1 is 1.05 bits per heavy atom. The van der Waals surface area contributed by atoms with Crippen LogP contribution in [-0.4, -0.2) is 20.5 Å². The number of hydrogen-bond acceptors (Lipinski definition) is 6. The van der Waals surface area contributed by atoms with Crippen molar-refractivity contribution in [2.75, 3.05) is 5.73 Å². The second kappa shape index (κ2) is 10.6. The van der Waals surface area contributed by atoms with Crippen LogP contribution in [0.3, 0.4) is 0 Å². The molecule has 2 atom stereocenters. The zero-order valence-electron chi connectivity index (χ0n) is 24.4. The standard InChI is InChI=1S/C31H39Cl2N3O4/c1-15-13-19(30(3,4)5)23(20(14-15)31(6,7)8)29(39)40-24-22(17-9-11-18(32)12-10-17)25(33)36-27(24)35-26(34)21(16(2)37)28(36)38/h9-12,15,19-20,23,37H,13-14H2,1-8H3,(H2,34,35). The molecule has 0 amide bonds. The minimum absolute atomic E-state index is 0.00266. The zero-order valence-corrected chi connectivity index (χ0v) is 25.9. The Morgan fingerprint density at radius 2 is 1.57 bits per heavy atom. The number of benzene rings is 1. The van der Waals surface area contributed by atoms with Crippen LogP contribution in [0, 0.1) is 34.5 Å². The first kappa shape index (κ1) is 30.2. The molecule has 2 aromatic heterocycles. The highest BCUT2D eigenvalue weighted by molar-refractivity contribution is 6.34. The number of aliphatic hydroxyl groups excluding tert-OH is 1. The Bertz CT molecular complexity index is 1540. The molecule has 2 heterocycles. The van der Waals surface area contributed by atoms with Gasteiger partial charge in [-0.1, -0.05) is 83.8 Å². The largest absolute Gasteiger partial charge is 0.512 e. The molecule has 1 aliphatic carbocycles. The number of carbonyl (C=O) groups excluding carboxylic acids is 1. The Labute approximate surface area is 245 Å². The van der Waals surface area contributed by atoms with Crippen molar-refractivity contribution in [2.24, 2.45) is 34.5 Å². The molecule has 216 valence electrons. The van der Waals surface area contributed by atoms with Crippen molar-refractivity contribution in [3.63, 3.8) is 0 Å². The molecule has 1 aliphatic rings. The van der Waals surface area contributed by atoms with Gasteiger partial charge >= 0.3 is 5.97 Å². The van der Waals surface area contributed by atoms with Crippen LogP contribution < -0.4 is 21.2 Å². The molecule has 0 spiro atoms. The molecule has 9 heteroatoms. The normalized spacial score (nSPS) is 22.9. The molecule has 1 fully saturated rings. The van der Waals surface area contributed by atoms with E-state index in [0.717, 1.165) is 17.2 Å². The fraction of sp³-hybridized carbons (Fsp3) is 0.516. The zero-order chi connectivity index (χ0) is 29.9. The van der Waals surface area contributed by atoms with Crippen molar-refractivity contribution in [3.05, 3.63) is 50.0 Å². The van der Waals surface area contributed by atoms with E-state index in [1.54, 1.807) is 24.3 Å². The third-order valence-electron chi connectivity index (χ3n) is 8.32. The van der Waals surface area contributed by atoms with Gasteiger partial charge in [0.2, 0.25) is 0 Å². The average Bonchev–Trinajstić information content (AvgIpc) is 3.08. The van der Waals surface area contributed by atoms with E-state index in [2.05, 4.69) is 53.5 Å². The van der Waals surface area contributed by atoms with E-state index < -0.39 is 5.56 Å². The van der Waals surface area contributed by atoms with Gasteiger partial charge < -0.3 is 15.6 Å². The highest BCUT2D eigenvalue weighted by atomic mass is 35.5. The van der Waals surface area contributed by atoms with Crippen LogP contribution in [0.15, 0.2) is 29.1 Å². The summed E-state index contributed by atoms with van der Waals surface area (Å²) in [5.41, 5.74) is 6.10. The maximum Gasteiger partial charge on any atom is 0.315 e. The lowest BCUT2D eigenvalue weighted by Gasteiger charge is -2.49.